The van der Waals surface area contributed by atoms with Gasteiger partial charge in [-0.3, -0.25) is 4.79 Å². The first-order valence-corrected chi connectivity index (χ1v) is 6.38. The van der Waals surface area contributed by atoms with Crippen LogP contribution in [0.25, 0.3) is 0 Å². The molecule has 1 aliphatic heterocycles. The first kappa shape index (κ1) is 13.3. The van der Waals surface area contributed by atoms with Crippen molar-refractivity contribution in [3.8, 4) is 0 Å². The second kappa shape index (κ2) is 5.24. The maximum absolute atomic E-state index is 13.6. The maximum Gasteiger partial charge on any atom is 0.257 e. The minimum atomic E-state index is -0.536. The number of piperidine rings is 1. The van der Waals surface area contributed by atoms with Crippen molar-refractivity contribution in [3.05, 3.63) is 34.6 Å². The van der Waals surface area contributed by atoms with E-state index < -0.39 is 5.82 Å². The van der Waals surface area contributed by atoms with Gasteiger partial charge in [0.1, 0.15) is 5.82 Å². The van der Waals surface area contributed by atoms with E-state index in [4.69, 9.17) is 17.3 Å². The number of hydrogen-bond donors (Lipinski definition) is 1. The molecule has 1 amide bonds. The number of carbonyl (C=O) groups excluding carboxylic acids is 1. The molecule has 1 aliphatic rings. The first-order chi connectivity index (χ1) is 8.49. The molecular formula is C13H16ClFN2O. The van der Waals surface area contributed by atoms with Crippen LogP contribution in [-0.2, 0) is 0 Å². The molecule has 1 saturated heterocycles. The standard InChI is InChI=1S/C13H16ClFN2O/c1-8-6-10(16)4-5-17(8)13(18)11-7-9(14)2-3-12(11)15/h2-3,7-8,10H,4-6,16H2,1H3. The van der Waals surface area contributed by atoms with Crippen molar-refractivity contribution in [1.82, 2.24) is 4.90 Å². The van der Waals surface area contributed by atoms with E-state index in [-0.39, 0.29) is 23.6 Å². The zero-order valence-corrected chi connectivity index (χ0v) is 11.0. The Labute approximate surface area is 111 Å². The number of carbonyl (C=O) groups is 1. The van der Waals surface area contributed by atoms with Crippen LogP contribution in [0.5, 0.6) is 0 Å². The van der Waals surface area contributed by atoms with Crippen molar-refractivity contribution in [1.29, 1.82) is 0 Å². The van der Waals surface area contributed by atoms with Gasteiger partial charge in [-0.25, -0.2) is 4.39 Å². The lowest BCUT2D eigenvalue weighted by molar-refractivity contribution is 0.0614. The largest absolute Gasteiger partial charge is 0.336 e. The number of amides is 1. The van der Waals surface area contributed by atoms with Crippen LogP contribution in [0, 0.1) is 5.82 Å². The van der Waals surface area contributed by atoms with E-state index in [1.807, 2.05) is 6.92 Å². The van der Waals surface area contributed by atoms with Crippen LogP contribution in [0.4, 0.5) is 4.39 Å². The molecule has 5 heteroatoms. The molecule has 2 atom stereocenters. The summed E-state index contributed by atoms with van der Waals surface area (Å²) in [6, 6.07) is 4.17. The van der Waals surface area contributed by atoms with Crippen molar-refractivity contribution >= 4 is 17.5 Å². The molecule has 2 unspecified atom stereocenters. The third kappa shape index (κ3) is 2.65. The fourth-order valence-electron chi connectivity index (χ4n) is 2.33. The van der Waals surface area contributed by atoms with E-state index in [0.717, 1.165) is 12.8 Å². The van der Waals surface area contributed by atoms with Gasteiger partial charge in [0.15, 0.2) is 0 Å². The molecule has 0 spiro atoms. The van der Waals surface area contributed by atoms with Gasteiger partial charge in [-0.2, -0.15) is 0 Å². The van der Waals surface area contributed by atoms with E-state index in [1.54, 1.807) is 4.90 Å². The van der Waals surface area contributed by atoms with Crippen LogP contribution in [-0.4, -0.2) is 29.4 Å². The van der Waals surface area contributed by atoms with E-state index in [1.165, 1.54) is 18.2 Å². The molecule has 2 N–H and O–H groups in total. The average molecular weight is 271 g/mol. The van der Waals surface area contributed by atoms with E-state index in [9.17, 15) is 9.18 Å². The zero-order chi connectivity index (χ0) is 13.3. The molecule has 18 heavy (non-hydrogen) atoms. The zero-order valence-electron chi connectivity index (χ0n) is 10.2. The fourth-order valence-corrected chi connectivity index (χ4v) is 2.50. The summed E-state index contributed by atoms with van der Waals surface area (Å²) >= 11 is 5.80. The summed E-state index contributed by atoms with van der Waals surface area (Å²) in [6.07, 6.45) is 1.49. The summed E-state index contributed by atoms with van der Waals surface area (Å²) in [7, 11) is 0. The predicted octanol–water partition coefficient (Wildman–Crippen LogP) is 2.43. The molecule has 1 aromatic rings. The monoisotopic (exact) mass is 270 g/mol. The second-order valence-corrected chi connectivity index (χ2v) is 5.19. The lowest BCUT2D eigenvalue weighted by Crippen LogP contribution is -2.48. The normalized spacial score (nSPS) is 24.1. The van der Waals surface area contributed by atoms with Crippen LogP contribution in [0.2, 0.25) is 5.02 Å². The van der Waals surface area contributed by atoms with Crippen LogP contribution < -0.4 is 5.73 Å². The highest BCUT2D eigenvalue weighted by molar-refractivity contribution is 6.31. The van der Waals surface area contributed by atoms with Gasteiger partial charge < -0.3 is 10.6 Å². The van der Waals surface area contributed by atoms with Crippen molar-refractivity contribution in [2.45, 2.75) is 31.8 Å². The number of halogens is 2. The fraction of sp³-hybridized carbons (Fsp3) is 0.462. The maximum atomic E-state index is 13.6. The second-order valence-electron chi connectivity index (χ2n) is 4.76. The Morgan fingerprint density at radius 1 is 1.56 bits per heavy atom. The summed E-state index contributed by atoms with van der Waals surface area (Å²) in [5.74, 6) is -0.846. The van der Waals surface area contributed by atoms with Crippen LogP contribution >= 0.6 is 11.6 Å². The van der Waals surface area contributed by atoms with Crippen molar-refractivity contribution in [2.24, 2.45) is 5.73 Å². The number of benzene rings is 1. The first-order valence-electron chi connectivity index (χ1n) is 6.00. The molecule has 1 heterocycles. The lowest BCUT2D eigenvalue weighted by atomic mass is 9.98. The number of likely N-dealkylation sites (tertiary alicyclic amines) is 1. The van der Waals surface area contributed by atoms with Gasteiger partial charge in [0.05, 0.1) is 5.56 Å². The summed E-state index contributed by atoms with van der Waals surface area (Å²) in [4.78, 5) is 13.9. The van der Waals surface area contributed by atoms with Gasteiger partial charge >= 0.3 is 0 Å². The van der Waals surface area contributed by atoms with E-state index in [2.05, 4.69) is 0 Å². The highest BCUT2D eigenvalue weighted by Crippen LogP contribution is 2.22. The van der Waals surface area contributed by atoms with Crippen LogP contribution in [0.15, 0.2) is 18.2 Å². The van der Waals surface area contributed by atoms with Gasteiger partial charge in [-0.1, -0.05) is 11.6 Å². The molecule has 0 aromatic heterocycles. The number of hydrogen-bond acceptors (Lipinski definition) is 2. The summed E-state index contributed by atoms with van der Waals surface area (Å²) < 4.78 is 13.6. The summed E-state index contributed by atoms with van der Waals surface area (Å²) in [5, 5.41) is 0.362. The van der Waals surface area contributed by atoms with E-state index in [0.29, 0.717) is 11.6 Å². The minimum Gasteiger partial charge on any atom is -0.336 e. The van der Waals surface area contributed by atoms with Crippen molar-refractivity contribution in [3.63, 3.8) is 0 Å². The third-order valence-corrected chi connectivity index (χ3v) is 3.57. The van der Waals surface area contributed by atoms with Crippen molar-refractivity contribution < 1.29 is 9.18 Å². The van der Waals surface area contributed by atoms with Crippen LogP contribution in [0.3, 0.4) is 0 Å². The summed E-state index contributed by atoms with van der Waals surface area (Å²) in [5.41, 5.74) is 5.88. The quantitative estimate of drug-likeness (QED) is 0.852. The smallest absolute Gasteiger partial charge is 0.257 e. The Morgan fingerprint density at radius 2 is 2.28 bits per heavy atom. The Morgan fingerprint density at radius 3 is 2.94 bits per heavy atom. The number of rotatable bonds is 1. The highest BCUT2D eigenvalue weighted by Gasteiger charge is 2.29. The molecule has 2 rings (SSSR count). The number of nitrogens with two attached hydrogens (primary N) is 1. The molecule has 98 valence electrons. The molecular weight excluding hydrogens is 255 g/mol. The highest BCUT2D eigenvalue weighted by atomic mass is 35.5. The van der Waals surface area contributed by atoms with Gasteiger partial charge in [0.25, 0.3) is 5.91 Å². The lowest BCUT2D eigenvalue weighted by Gasteiger charge is -2.36. The molecule has 3 nitrogen and oxygen atoms in total. The Bertz CT molecular complexity index is 466. The minimum absolute atomic E-state index is 0.0274. The summed E-state index contributed by atoms with van der Waals surface area (Å²) in [6.45, 7) is 2.49. The van der Waals surface area contributed by atoms with Gasteiger partial charge in [-0.15, -0.1) is 0 Å². The topological polar surface area (TPSA) is 46.3 Å². The average Bonchev–Trinajstić information content (AvgIpc) is 2.31. The molecule has 0 bridgehead atoms. The Hall–Kier alpha value is -1.13. The van der Waals surface area contributed by atoms with Gasteiger partial charge in [-0.05, 0) is 38.0 Å². The Balaban J connectivity index is 2.23. The van der Waals surface area contributed by atoms with E-state index >= 15 is 0 Å². The number of nitrogens with zero attached hydrogens (tertiary/aromatic N) is 1. The van der Waals surface area contributed by atoms with Crippen molar-refractivity contribution in [2.75, 3.05) is 6.54 Å². The molecule has 0 radical (unpaired) electrons. The molecule has 1 aromatic carbocycles. The van der Waals surface area contributed by atoms with Crippen LogP contribution in [0.1, 0.15) is 30.1 Å². The predicted molar refractivity (Wildman–Crippen MR) is 69.1 cm³/mol. The van der Waals surface area contributed by atoms with Gasteiger partial charge in [0, 0.05) is 23.7 Å². The Kier molecular flexibility index (Phi) is 3.88. The molecule has 0 saturated carbocycles. The molecule has 1 fully saturated rings. The molecule has 0 aliphatic carbocycles. The van der Waals surface area contributed by atoms with Gasteiger partial charge in [0.2, 0.25) is 0 Å². The SMILES string of the molecule is CC1CC(N)CCN1C(=O)c1cc(Cl)ccc1F. The third-order valence-electron chi connectivity index (χ3n) is 3.34.